The second-order valence-electron chi connectivity index (χ2n) is 21.1. The van der Waals surface area contributed by atoms with Crippen molar-refractivity contribution in [3.05, 3.63) is 23.3 Å². The smallest absolute Gasteiger partial charge is 0.433 e. The molecule has 1 aliphatic carbocycles. The highest BCUT2D eigenvalue weighted by Gasteiger charge is 2.53. The summed E-state index contributed by atoms with van der Waals surface area (Å²) in [6, 6.07) is -1.17. The van der Waals surface area contributed by atoms with Gasteiger partial charge in [0.05, 0.1) is 18.3 Å². The summed E-state index contributed by atoms with van der Waals surface area (Å²) in [5, 5.41) is 33.5. The van der Waals surface area contributed by atoms with Crippen molar-refractivity contribution in [2.45, 2.75) is 206 Å². The van der Waals surface area contributed by atoms with Crippen LogP contribution in [0.25, 0.3) is 0 Å². The molecular formula is C53H86N2O15. The van der Waals surface area contributed by atoms with Crippen molar-refractivity contribution in [2.24, 2.45) is 35.5 Å². The standard InChI is InChI=1S/C53H86N2O15/c1-31-17-13-12-14-18-32(2)43(65-9)29-39-22-20-37(7)53(63,70-39)49(59)50(60)55-24-16-15-19-40(55)51(61)68-44(34(4)27-38-21-23-42(45(28-38)66-10)69-52(62)54(8)64)30-41(56)33(3)26-36(6)47(58)48(67-11)46(57)35(5)25-31/h18,26,31,33-35,37-40,42-45,47-48,58,63-64H,12-17,19-25,27-30H2,1-11H3/b32-18+,36-26+/t31-,33-,34-,35-,37-,38+,39+,40+,42-,43?,44+,45-,47-,48?,53-/m1/s1. The zero-order chi connectivity index (χ0) is 52.0. The van der Waals surface area contributed by atoms with Gasteiger partial charge in [-0.15, -0.1) is 0 Å². The molecule has 4 rings (SSSR count). The van der Waals surface area contributed by atoms with Crippen molar-refractivity contribution in [1.82, 2.24) is 9.96 Å². The number of esters is 1. The molecule has 0 aromatic heterocycles. The zero-order valence-corrected chi connectivity index (χ0v) is 43.9. The monoisotopic (exact) mass is 991 g/mol. The van der Waals surface area contributed by atoms with Crippen LogP contribution in [0.2, 0.25) is 0 Å². The average Bonchev–Trinajstić information content (AvgIpc) is 3.33. The number of nitrogens with zero attached hydrogens (tertiary/aromatic N) is 2. The van der Waals surface area contributed by atoms with E-state index in [0.29, 0.717) is 74.8 Å². The predicted molar refractivity (Wildman–Crippen MR) is 259 cm³/mol. The summed E-state index contributed by atoms with van der Waals surface area (Å²) < 4.78 is 35.2. The molecule has 1 saturated carbocycles. The molecule has 3 heterocycles. The Kier molecular flexibility index (Phi) is 23.1. The fraction of sp³-hybridized carbons (Fsp3) is 0.811. The number of Topliss-reactive ketones (excluding diaryl/α,β-unsaturated/α-hetero) is 3. The van der Waals surface area contributed by atoms with Gasteiger partial charge in [0, 0.05) is 65.5 Å². The number of hydroxylamine groups is 2. The lowest BCUT2D eigenvalue weighted by atomic mass is 9.78. The van der Waals surface area contributed by atoms with Crippen molar-refractivity contribution < 1.29 is 72.6 Å². The van der Waals surface area contributed by atoms with E-state index in [-0.39, 0.29) is 54.8 Å². The van der Waals surface area contributed by atoms with E-state index in [9.17, 15) is 44.2 Å². The Bertz CT molecular complexity index is 1840. The zero-order valence-electron chi connectivity index (χ0n) is 43.9. The fourth-order valence-corrected chi connectivity index (χ4v) is 11.0. The van der Waals surface area contributed by atoms with Crippen LogP contribution in [0.15, 0.2) is 23.3 Å². The van der Waals surface area contributed by atoms with Gasteiger partial charge in [0.1, 0.15) is 36.2 Å². The van der Waals surface area contributed by atoms with E-state index >= 15 is 0 Å². The predicted octanol–water partition coefficient (Wildman–Crippen LogP) is 7.09. The van der Waals surface area contributed by atoms with Crippen molar-refractivity contribution in [2.75, 3.05) is 34.9 Å². The second kappa shape index (κ2) is 27.5. The van der Waals surface area contributed by atoms with Crippen LogP contribution >= 0.6 is 0 Å². The number of ether oxygens (including phenoxy) is 6. The summed E-state index contributed by atoms with van der Waals surface area (Å²) in [6.45, 7) is 12.9. The van der Waals surface area contributed by atoms with Crippen LogP contribution in [-0.4, -0.2) is 150 Å². The highest BCUT2D eigenvalue weighted by molar-refractivity contribution is 6.39. The minimum absolute atomic E-state index is 0.000445. The first-order valence-electron chi connectivity index (χ1n) is 25.8. The molecule has 17 nitrogen and oxygen atoms in total. The van der Waals surface area contributed by atoms with Gasteiger partial charge in [-0.25, -0.2) is 9.59 Å². The largest absolute Gasteiger partial charge is 0.460 e. The van der Waals surface area contributed by atoms with Crippen molar-refractivity contribution >= 4 is 35.3 Å². The minimum atomic E-state index is -2.43. The number of carbonyl (C=O) groups excluding carboxylic acids is 6. The number of hydrogen-bond donors (Lipinski definition) is 3. The lowest BCUT2D eigenvalue weighted by Crippen LogP contribution is -2.61. The van der Waals surface area contributed by atoms with Crippen LogP contribution in [0.4, 0.5) is 4.79 Å². The van der Waals surface area contributed by atoms with Crippen molar-refractivity contribution in [1.29, 1.82) is 0 Å². The van der Waals surface area contributed by atoms with Gasteiger partial charge in [-0.1, -0.05) is 59.6 Å². The van der Waals surface area contributed by atoms with Gasteiger partial charge in [0.2, 0.25) is 5.79 Å². The molecule has 4 aliphatic rings. The van der Waals surface area contributed by atoms with E-state index in [1.54, 1.807) is 34.0 Å². The summed E-state index contributed by atoms with van der Waals surface area (Å²) >= 11 is 0. The first-order chi connectivity index (χ1) is 33.1. The number of methoxy groups -OCH3 is 3. The van der Waals surface area contributed by atoms with Gasteiger partial charge in [-0.05, 0) is 120 Å². The van der Waals surface area contributed by atoms with Crippen LogP contribution in [0.1, 0.15) is 151 Å². The van der Waals surface area contributed by atoms with Crippen LogP contribution in [0.3, 0.4) is 0 Å². The molecule has 3 aliphatic heterocycles. The van der Waals surface area contributed by atoms with Gasteiger partial charge in [-0.2, -0.15) is 5.06 Å². The number of hydrogen-bond acceptors (Lipinski definition) is 15. The van der Waals surface area contributed by atoms with Crippen LogP contribution in [-0.2, 0) is 52.4 Å². The molecule has 0 aromatic rings. The molecule has 2 amide bonds. The molecule has 17 heteroatoms. The lowest BCUT2D eigenvalue weighted by molar-refractivity contribution is -0.265. The summed E-state index contributed by atoms with van der Waals surface area (Å²) in [5.74, 6) is -7.98. The summed E-state index contributed by atoms with van der Waals surface area (Å²) in [6.07, 6.45) is 5.88. The molecule has 15 atom stereocenters. The first kappa shape index (κ1) is 59.0. The fourth-order valence-electron chi connectivity index (χ4n) is 11.0. The molecule has 3 N–H and O–H groups in total. The maximum Gasteiger partial charge on any atom is 0.433 e. The van der Waals surface area contributed by atoms with E-state index in [1.807, 2.05) is 20.8 Å². The highest BCUT2D eigenvalue weighted by atomic mass is 16.6. The van der Waals surface area contributed by atoms with Gasteiger partial charge in [-0.3, -0.25) is 24.4 Å². The summed E-state index contributed by atoms with van der Waals surface area (Å²) in [5.41, 5.74) is 1.37. The maximum atomic E-state index is 14.5. The Morgan fingerprint density at radius 2 is 1.57 bits per heavy atom. The Balaban J connectivity index is 1.67. The summed E-state index contributed by atoms with van der Waals surface area (Å²) in [7, 11) is 5.68. The Morgan fingerprint density at radius 1 is 0.871 bits per heavy atom. The molecular weight excluding hydrogens is 905 g/mol. The third kappa shape index (κ3) is 15.7. The molecule has 70 heavy (non-hydrogen) atoms. The van der Waals surface area contributed by atoms with E-state index in [2.05, 4.69) is 13.0 Å². The van der Waals surface area contributed by atoms with Gasteiger partial charge in [0.25, 0.3) is 11.7 Å². The molecule has 0 spiro atoms. The Hall–Kier alpha value is -3.58. The number of fused-ring (bicyclic) bond motifs is 3. The first-order valence-corrected chi connectivity index (χ1v) is 25.8. The topological polar surface area (TPSA) is 225 Å². The number of aliphatic hydroxyl groups excluding tert-OH is 1. The number of rotatable bonds is 7. The number of cyclic esters (lactones) is 1. The highest BCUT2D eigenvalue weighted by Crippen LogP contribution is 2.38. The summed E-state index contributed by atoms with van der Waals surface area (Å²) in [4.78, 5) is 84.5. The molecule has 0 radical (unpaired) electrons. The van der Waals surface area contributed by atoms with E-state index < -0.39 is 90.0 Å². The van der Waals surface area contributed by atoms with Crippen LogP contribution < -0.4 is 0 Å². The molecule has 3 fully saturated rings. The van der Waals surface area contributed by atoms with Crippen molar-refractivity contribution in [3.63, 3.8) is 0 Å². The number of aliphatic hydroxyl groups is 2. The molecule has 0 aromatic carbocycles. The quantitative estimate of drug-likeness (QED) is 0.0761. The number of allylic oxidation sites excluding steroid dienone is 2. The van der Waals surface area contributed by atoms with E-state index in [4.69, 9.17) is 28.4 Å². The number of amides is 2. The van der Waals surface area contributed by atoms with E-state index in [0.717, 1.165) is 31.3 Å². The van der Waals surface area contributed by atoms with Crippen LogP contribution in [0.5, 0.6) is 0 Å². The number of ketones is 3. The molecule has 2 saturated heterocycles. The minimum Gasteiger partial charge on any atom is -0.460 e. The lowest BCUT2D eigenvalue weighted by Gasteiger charge is -2.42. The molecule has 2 unspecified atom stereocenters. The van der Waals surface area contributed by atoms with Gasteiger partial charge < -0.3 is 43.5 Å². The van der Waals surface area contributed by atoms with Crippen molar-refractivity contribution in [3.8, 4) is 0 Å². The SMILES string of the molecule is COC1C[C@@H]2CC[C@@H](C)[C@@](O)(O2)C(=O)C(=O)N2CCCC[C@H]2C(=O)O[C@H]([C@H](C)C[C@@H]2CC[C@@H](OC(=O)N(C)O)[C@H](OC)C2)CC(=O)[C@H](C)/C=C(\C)[C@@H](O)C(OC)C(=O)[C@H](C)C[C@H](C)CCCC/C=C/1C. The van der Waals surface area contributed by atoms with Gasteiger partial charge >= 0.3 is 12.1 Å². The van der Waals surface area contributed by atoms with E-state index in [1.165, 1.54) is 26.2 Å². The molecule has 398 valence electrons. The average molecular weight is 991 g/mol. The maximum absolute atomic E-state index is 14.5. The number of piperidine rings is 1. The second-order valence-corrected chi connectivity index (χ2v) is 21.1. The third-order valence-corrected chi connectivity index (χ3v) is 15.6. The Labute approximate surface area is 416 Å². The number of carbonyl (C=O) groups is 6. The Morgan fingerprint density at radius 3 is 2.23 bits per heavy atom. The molecule has 2 bridgehead atoms. The normalized spacial score (nSPS) is 37.8. The van der Waals surface area contributed by atoms with Gasteiger partial charge in [0.15, 0.2) is 5.78 Å². The third-order valence-electron chi connectivity index (χ3n) is 15.6. The van der Waals surface area contributed by atoms with Crippen LogP contribution in [0, 0.1) is 35.5 Å².